The van der Waals surface area contributed by atoms with Crippen molar-refractivity contribution in [2.45, 2.75) is 38.3 Å². The van der Waals surface area contributed by atoms with Crippen LogP contribution in [0, 0.1) is 0 Å². The second-order valence-electron chi connectivity index (χ2n) is 12.2. The summed E-state index contributed by atoms with van der Waals surface area (Å²) in [5, 5.41) is 12.5. The number of para-hydroxylation sites is 1. The topological polar surface area (TPSA) is 220 Å². The highest BCUT2D eigenvalue weighted by molar-refractivity contribution is 6.07. The zero-order valence-electron chi connectivity index (χ0n) is 28.5. The SMILES string of the molecule is Cn1c(=O)n(C2CCC(=O)NC2=O)c2cccc(CCCOCCOCCNCc3ccc(-n4cc(NC(=O)c5cocn5)c(C(N)=O)n4)cc3)c21. The molecule has 0 bridgehead atoms. The number of carbonyl (C=O) groups excluding carboxylic acids is 4. The maximum atomic E-state index is 13.1. The van der Waals surface area contributed by atoms with Crippen LogP contribution in [0.15, 0.2) is 70.5 Å². The van der Waals surface area contributed by atoms with E-state index < -0.39 is 23.8 Å². The summed E-state index contributed by atoms with van der Waals surface area (Å²) in [7, 11) is 1.70. The van der Waals surface area contributed by atoms with Crippen LogP contribution in [0.3, 0.4) is 0 Å². The number of nitrogens with zero attached hydrogens (tertiary/aromatic N) is 5. The van der Waals surface area contributed by atoms with Gasteiger partial charge in [0, 0.05) is 33.2 Å². The maximum Gasteiger partial charge on any atom is 0.329 e. The number of hydrogen-bond donors (Lipinski definition) is 4. The molecule has 1 atom stereocenters. The van der Waals surface area contributed by atoms with E-state index in [0.29, 0.717) is 63.6 Å². The Labute approximate surface area is 297 Å². The molecule has 1 aliphatic rings. The number of aryl methyl sites for hydroxylation is 2. The average molecular weight is 714 g/mol. The van der Waals surface area contributed by atoms with E-state index in [1.54, 1.807) is 11.6 Å². The van der Waals surface area contributed by atoms with Crippen molar-refractivity contribution in [3.8, 4) is 5.69 Å². The average Bonchev–Trinajstić information content (AvgIpc) is 3.88. The number of piperidine rings is 1. The van der Waals surface area contributed by atoms with Gasteiger partial charge in [0.1, 0.15) is 12.3 Å². The minimum Gasteiger partial charge on any atom is -0.451 e. The molecule has 5 aromatic rings. The summed E-state index contributed by atoms with van der Waals surface area (Å²) < 4.78 is 20.8. The van der Waals surface area contributed by atoms with Gasteiger partial charge in [0.15, 0.2) is 17.8 Å². The number of imide groups is 1. The first-order valence-corrected chi connectivity index (χ1v) is 16.8. The summed E-state index contributed by atoms with van der Waals surface area (Å²) in [5.74, 6) is -2.12. The molecule has 272 valence electrons. The summed E-state index contributed by atoms with van der Waals surface area (Å²) >= 11 is 0. The molecular weight excluding hydrogens is 674 g/mol. The highest BCUT2D eigenvalue weighted by atomic mass is 16.5. The van der Waals surface area contributed by atoms with Gasteiger partial charge in [-0.25, -0.2) is 14.5 Å². The van der Waals surface area contributed by atoms with Crippen molar-refractivity contribution in [3.63, 3.8) is 0 Å². The number of ether oxygens (including phenoxy) is 2. The van der Waals surface area contributed by atoms with Crippen molar-refractivity contribution in [1.82, 2.24) is 34.5 Å². The van der Waals surface area contributed by atoms with Gasteiger partial charge in [-0.2, -0.15) is 5.10 Å². The van der Waals surface area contributed by atoms with Crippen LogP contribution >= 0.6 is 0 Å². The van der Waals surface area contributed by atoms with Crippen LogP contribution in [0.2, 0.25) is 0 Å². The van der Waals surface area contributed by atoms with Gasteiger partial charge < -0.3 is 30.3 Å². The number of nitrogens with one attached hydrogen (secondary N) is 3. The van der Waals surface area contributed by atoms with Crippen molar-refractivity contribution >= 4 is 40.3 Å². The van der Waals surface area contributed by atoms with Crippen LogP contribution in [-0.4, -0.2) is 80.5 Å². The Balaban J connectivity index is 0.879. The molecule has 0 saturated carbocycles. The smallest absolute Gasteiger partial charge is 0.329 e. The predicted octanol–water partition coefficient (Wildman–Crippen LogP) is 1.60. The van der Waals surface area contributed by atoms with E-state index >= 15 is 0 Å². The largest absolute Gasteiger partial charge is 0.451 e. The number of oxazole rings is 1. The Morgan fingerprint density at radius 2 is 1.85 bits per heavy atom. The zero-order valence-corrected chi connectivity index (χ0v) is 28.5. The van der Waals surface area contributed by atoms with Crippen molar-refractivity contribution < 1.29 is 33.1 Å². The molecule has 17 heteroatoms. The fourth-order valence-corrected chi connectivity index (χ4v) is 6.07. The second kappa shape index (κ2) is 16.4. The van der Waals surface area contributed by atoms with Crippen LogP contribution in [-0.2, 0) is 39.1 Å². The molecule has 1 aliphatic heterocycles. The Morgan fingerprint density at radius 1 is 1.06 bits per heavy atom. The third kappa shape index (κ3) is 8.17. The number of benzene rings is 2. The number of amides is 4. The third-order valence-electron chi connectivity index (χ3n) is 8.63. The number of rotatable bonds is 17. The molecule has 5 N–H and O–H groups in total. The Kier molecular flexibility index (Phi) is 11.3. The molecule has 0 radical (unpaired) electrons. The standard InChI is InChI=1S/C35H39N9O8/c1-42-31-23(4-2-6-27(31)44(35(42)49)28-11-12-29(45)40-34(28)48)5-3-14-50-16-17-51-15-13-37-18-22-7-9-24(10-8-22)43-19-25(30(41-43)32(36)46)39-33(47)26-20-52-21-38-26/h2,4,6-10,19-21,28,37H,3,5,11-18H2,1H3,(H2,36,46)(H,39,47)(H,40,45,48). The van der Waals surface area contributed by atoms with E-state index in [1.807, 2.05) is 42.5 Å². The quantitative estimate of drug-likeness (QED) is 0.0801. The molecule has 1 fully saturated rings. The summed E-state index contributed by atoms with van der Waals surface area (Å²) in [5.41, 5.74) is 9.44. The van der Waals surface area contributed by atoms with Gasteiger partial charge in [-0.3, -0.25) is 33.6 Å². The van der Waals surface area contributed by atoms with Crippen LogP contribution in [0.4, 0.5) is 5.69 Å². The summed E-state index contributed by atoms with van der Waals surface area (Å²) in [6.07, 6.45) is 5.74. The lowest BCUT2D eigenvalue weighted by Gasteiger charge is -2.21. The molecule has 0 aliphatic carbocycles. The van der Waals surface area contributed by atoms with Gasteiger partial charge >= 0.3 is 5.69 Å². The van der Waals surface area contributed by atoms with E-state index in [4.69, 9.17) is 19.6 Å². The highest BCUT2D eigenvalue weighted by Gasteiger charge is 2.31. The first-order chi connectivity index (χ1) is 25.2. The predicted molar refractivity (Wildman–Crippen MR) is 187 cm³/mol. The highest BCUT2D eigenvalue weighted by Crippen LogP contribution is 2.25. The van der Waals surface area contributed by atoms with Gasteiger partial charge in [0.2, 0.25) is 11.8 Å². The lowest BCUT2D eigenvalue weighted by atomic mass is 10.0. The minimum absolute atomic E-state index is 0.0513. The number of imidazole rings is 1. The number of hydrogen-bond acceptors (Lipinski definition) is 11. The molecule has 1 saturated heterocycles. The van der Waals surface area contributed by atoms with Crippen LogP contribution in [0.25, 0.3) is 16.7 Å². The van der Waals surface area contributed by atoms with Gasteiger partial charge in [-0.15, -0.1) is 0 Å². The fraction of sp³-hybridized carbons (Fsp3) is 0.343. The molecule has 4 heterocycles. The normalized spacial score (nSPS) is 14.5. The van der Waals surface area contributed by atoms with Gasteiger partial charge in [-0.05, 0) is 48.6 Å². The fourth-order valence-electron chi connectivity index (χ4n) is 6.07. The van der Waals surface area contributed by atoms with Crippen LogP contribution in [0.5, 0.6) is 0 Å². The van der Waals surface area contributed by atoms with Crippen molar-refractivity contribution in [2.75, 3.05) is 38.3 Å². The monoisotopic (exact) mass is 713 g/mol. The molecule has 1 unspecified atom stereocenters. The van der Waals surface area contributed by atoms with Gasteiger partial charge in [0.25, 0.3) is 11.8 Å². The molecule has 0 spiro atoms. The molecular formula is C35H39N9O8. The second-order valence-corrected chi connectivity index (χ2v) is 12.2. The Bertz CT molecular complexity index is 2120. The van der Waals surface area contributed by atoms with E-state index in [2.05, 4.69) is 26.0 Å². The Morgan fingerprint density at radius 3 is 2.58 bits per heavy atom. The summed E-state index contributed by atoms with van der Waals surface area (Å²) in [4.78, 5) is 65.3. The number of carbonyl (C=O) groups is 4. The van der Waals surface area contributed by atoms with Gasteiger partial charge in [-0.1, -0.05) is 24.3 Å². The first-order valence-electron chi connectivity index (χ1n) is 16.8. The summed E-state index contributed by atoms with van der Waals surface area (Å²) in [6.45, 7) is 3.18. The Hall–Kier alpha value is -5.91. The van der Waals surface area contributed by atoms with E-state index in [0.717, 1.165) is 29.5 Å². The maximum absolute atomic E-state index is 13.1. The lowest BCUT2D eigenvalue weighted by Crippen LogP contribution is -2.44. The summed E-state index contributed by atoms with van der Waals surface area (Å²) in [6, 6.07) is 12.5. The van der Waals surface area contributed by atoms with Crippen molar-refractivity contribution in [1.29, 1.82) is 0 Å². The zero-order chi connectivity index (χ0) is 36.6. The number of fused-ring (bicyclic) bond motifs is 1. The lowest BCUT2D eigenvalue weighted by molar-refractivity contribution is -0.135. The molecule has 52 heavy (non-hydrogen) atoms. The third-order valence-corrected chi connectivity index (χ3v) is 8.63. The molecule has 3 aromatic heterocycles. The van der Waals surface area contributed by atoms with Crippen LogP contribution in [0.1, 0.15) is 57.4 Å². The van der Waals surface area contributed by atoms with Crippen LogP contribution < -0.4 is 27.4 Å². The molecule has 2 aromatic carbocycles. The number of anilines is 1. The molecule has 6 rings (SSSR count). The number of aromatic nitrogens is 5. The van der Waals surface area contributed by atoms with E-state index in [-0.39, 0.29) is 35.1 Å². The van der Waals surface area contributed by atoms with Gasteiger partial charge in [0.05, 0.1) is 48.4 Å². The van der Waals surface area contributed by atoms with E-state index in [1.165, 1.54) is 21.7 Å². The van der Waals surface area contributed by atoms with Crippen molar-refractivity contribution in [2.24, 2.45) is 12.8 Å². The number of nitrogens with two attached hydrogens (primary N) is 1. The molecule has 4 amide bonds. The van der Waals surface area contributed by atoms with Crippen molar-refractivity contribution in [3.05, 3.63) is 94.3 Å². The first kappa shape index (κ1) is 35.9. The number of primary amides is 1. The molecule has 17 nitrogen and oxygen atoms in total. The minimum atomic E-state index is -0.787. The van der Waals surface area contributed by atoms with E-state index in [9.17, 15) is 24.0 Å².